The molecule has 1 aromatic rings. The number of amides is 1. The molecule has 1 aromatic heterocycles. The van der Waals surface area contributed by atoms with Gasteiger partial charge in [-0.05, 0) is 31.7 Å². The van der Waals surface area contributed by atoms with E-state index in [1.165, 1.54) is 10.6 Å². The van der Waals surface area contributed by atoms with Crippen LogP contribution in [0.5, 0.6) is 0 Å². The van der Waals surface area contributed by atoms with Crippen LogP contribution in [0.15, 0.2) is 6.07 Å². The standard InChI is InChI=1S/C15H24N4O3S/c1-23(21,22)19-9-5-4-8-14(19)12-10-13(18-17-12)15(20)16-11-6-2-3-7-11/h10-11,14H,2-9H2,1H3,(H,16,20)(H,17,18)/t14-/m0/s1. The van der Waals surface area contributed by atoms with Crippen molar-refractivity contribution < 1.29 is 13.2 Å². The minimum absolute atomic E-state index is 0.180. The number of sulfonamides is 1. The maximum Gasteiger partial charge on any atom is 0.271 e. The number of piperidine rings is 1. The lowest BCUT2D eigenvalue weighted by Gasteiger charge is -2.32. The van der Waals surface area contributed by atoms with E-state index in [9.17, 15) is 13.2 Å². The van der Waals surface area contributed by atoms with Crippen LogP contribution in [0, 0.1) is 0 Å². The molecular formula is C15H24N4O3S. The molecule has 2 heterocycles. The van der Waals surface area contributed by atoms with Crippen molar-refractivity contribution in [3.05, 3.63) is 17.5 Å². The molecule has 2 fully saturated rings. The van der Waals surface area contributed by atoms with Crippen molar-refractivity contribution in [3.8, 4) is 0 Å². The van der Waals surface area contributed by atoms with Crippen LogP contribution in [-0.4, -0.2) is 47.7 Å². The molecule has 128 valence electrons. The Labute approximate surface area is 136 Å². The van der Waals surface area contributed by atoms with Gasteiger partial charge >= 0.3 is 0 Å². The van der Waals surface area contributed by atoms with Crippen LogP contribution in [0.25, 0.3) is 0 Å². The zero-order chi connectivity index (χ0) is 16.4. The lowest BCUT2D eigenvalue weighted by Crippen LogP contribution is -2.37. The van der Waals surface area contributed by atoms with Crippen LogP contribution in [0.4, 0.5) is 0 Å². The van der Waals surface area contributed by atoms with Crippen LogP contribution in [-0.2, 0) is 10.0 Å². The zero-order valence-electron chi connectivity index (χ0n) is 13.4. The van der Waals surface area contributed by atoms with E-state index in [1.807, 2.05) is 0 Å². The SMILES string of the molecule is CS(=O)(=O)N1CCCC[C@H]1c1cc(C(=O)NC2CCCC2)n[nH]1. The second kappa shape index (κ2) is 6.60. The molecule has 1 saturated carbocycles. The van der Waals surface area contributed by atoms with Gasteiger partial charge in [0.05, 0.1) is 18.0 Å². The van der Waals surface area contributed by atoms with Crippen LogP contribution >= 0.6 is 0 Å². The average Bonchev–Trinajstić information content (AvgIpc) is 3.17. The summed E-state index contributed by atoms with van der Waals surface area (Å²) in [4.78, 5) is 12.2. The third-order valence-corrected chi connectivity index (χ3v) is 6.05. The fraction of sp³-hybridized carbons (Fsp3) is 0.733. The summed E-state index contributed by atoms with van der Waals surface area (Å²) < 4.78 is 25.4. The summed E-state index contributed by atoms with van der Waals surface area (Å²) in [7, 11) is -3.27. The molecule has 2 N–H and O–H groups in total. The molecular weight excluding hydrogens is 316 g/mol. The van der Waals surface area contributed by atoms with E-state index in [-0.39, 0.29) is 18.0 Å². The minimum Gasteiger partial charge on any atom is -0.348 e. The number of nitrogens with one attached hydrogen (secondary N) is 2. The molecule has 0 unspecified atom stereocenters. The van der Waals surface area contributed by atoms with Crippen LogP contribution in [0.1, 0.15) is 67.2 Å². The highest BCUT2D eigenvalue weighted by Crippen LogP contribution is 2.32. The van der Waals surface area contributed by atoms with Gasteiger partial charge in [0, 0.05) is 12.6 Å². The Hall–Kier alpha value is -1.41. The fourth-order valence-corrected chi connectivity index (χ4v) is 4.71. The van der Waals surface area contributed by atoms with E-state index < -0.39 is 10.0 Å². The van der Waals surface area contributed by atoms with Crippen molar-refractivity contribution in [2.45, 2.75) is 57.0 Å². The van der Waals surface area contributed by atoms with Gasteiger partial charge in [0.1, 0.15) is 5.69 Å². The Balaban J connectivity index is 1.73. The molecule has 8 heteroatoms. The van der Waals surface area contributed by atoms with E-state index >= 15 is 0 Å². The average molecular weight is 340 g/mol. The Kier molecular flexibility index (Phi) is 4.72. The number of carbonyl (C=O) groups excluding carboxylic acids is 1. The molecule has 1 aliphatic carbocycles. The first-order valence-electron chi connectivity index (χ1n) is 8.28. The van der Waals surface area contributed by atoms with Gasteiger partial charge in [-0.1, -0.05) is 19.3 Å². The number of carbonyl (C=O) groups is 1. The summed E-state index contributed by atoms with van der Waals surface area (Å²) >= 11 is 0. The highest BCUT2D eigenvalue weighted by atomic mass is 32.2. The first kappa shape index (κ1) is 16.4. The highest BCUT2D eigenvalue weighted by molar-refractivity contribution is 7.88. The Morgan fingerprint density at radius 3 is 2.65 bits per heavy atom. The second-order valence-corrected chi connectivity index (χ2v) is 8.48. The van der Waals surface area contributed by atoms with Gasteiger partial charge < -0.3 is 5.32 Å². The Bertz CT molecular complexity index is 664. The molecule has 7 nitrogen and oxygen atoms in total. The van der Waals surface area contributed by atoms with Crippen molar-refractivity contribution in [1.82, 2.24) is 19.8 Å². The van der Waals surface area contributed by atoms with E-state index in [0.717, 1.165) is 44.9 Å². The summed E-state index contributed by atoms with van der Waals surface area (Å²) in [5.74, 6) is -0.180. The van der Waals surface area contributed by atoms with Crippen LogP contribution in [0.2, 0.25) is 0 Å². The normalized spacial score (nSPS) is 24.0. The van der Waals surface area contributed by atoms with Crippen LogP contribution in [0.3, 0.4) is 0 Å². The van der Waals surface area contributed by atoms with Crippen molar-refractivity contribution in [2.24, 2.45) is 0 Å². The predicted molar refractivity (Wildman–Crippen MR) is 86.5 cm³/mol. The molecule has 1 saturated heterocycles. The molecule has 1 atom stereocenters. The molecule has 1 aliphatic heterocycles. The quantitative estimate of drug-likeness (QED) is 0.870. The van der Waals surface area contributed by atoms with Gasteiger partial charge in [-0.2, -0.15) is 9.40 Å². The number of hydrogen-bond acceptors (Lipinski definition) is 4. The van der Waals surface area contributed by atoms with Gasteiger partial charge in [-0.25, -0.2) is 8.42 Å². The molecule has 0 aromatic carbocycles. The largest absolute Gasteiger partial charge is 0.348 e. The maximum atomic E-state index is 12.2. The monoisotopic (exact) mass is 340 g/mol. The van der Waals surface area contributed by atoms with E-state index in [4.69, 9.17) is 0 Å². The third kappa shape index (κ3) is 3.74. The highest BCUT2D eigenvalue weighted by Gasteiger charge is 2.32. The summed E-state index contributed by atoms with van der Waals surface area (Å²) in [6.07, 6.45) is 8.17. The number of rotatable bonds is 4. The molecule has 0 bridgehead atoms. The first-order valence-corrected chi connectivity index (χ1v) is 10.1. The van der Waals surface area contributed by atoms with Gasteiger partial charge in [0.25, 0.3) is 5.91 Å². The van der Waals surface area contributed by atoms with Gasteiger partial charge in [0.2, 0.25) is 10.0 Å². The smallest absolute Gasteiger partial charge is 0.271 e. The number of nitrogens with zero attached hydrogens (tertiary/aromatic N) is 2. The van der Waals surface area contributed by atoms with Crippen molar-refractivity contribution in [2.75, 3.05) is 12.8 Å². The minimum atomic E-state index is -3.27. The maximum absolute atomic E-state index is 12.2. The second-order valence-electron chi connectivity index (χ2n) is 6.55. The van der Waals surface area contributed by atoms with Gasteiger partial charge in [-0.3, -0.25) is 9.89 Å². The first-order chi connectivity index (χ1) is 10.9. The van der Waals surface area contributed by atoms with Gasteiger partial charge in [-0.15, -0.1) is 0 Å². The predicted octanol–water partition coefficient (Wildman–Crippen LogP) is 1.57. The lowest BCUT2D eigenvalue weighted by atomic mass is 10.0. The van der Waals surface area contributed by atoms with E-state index in [1.54, 1.807) is 6.07 Å². The summed E-state index contributed by atoms with van der Waals surface area (Å²) in [6.45, 7) is 0.520. The Morgan fingerprint density at radius 2 is 1.96 bits per heavy atom. The number of aromatic nitrogens is 2. The van der Waals surface area contributed by atoms with Crippen molar-refractivity contribution >= 4 is 15.9 Å². The zero-order valence-corrected chi connectivity index (χ0v) is 14.2. The fourth-order valence-electron chi connectivity index (χ4n) is 3.57. The lowest BCUT2D eigenvalue weighted by molar-refractivity contribution is 0.0933. The van der Waals surface area contributed by atoms with Crippen molar-refractivity contribution in [1.29, 1.82) is 0 Å². The number of hydrogen-bond donors (Lipinski definition) is 2. The molecule has 0 spiro atoms. The molecule has 3 rings (SSSR count). The molecule has 1 amide bonds. The molecule has 2 aliphatic rings. The third-order valence-electron chi connectivity index (χ3n) is 4.76. The van der Waals surface area contributed by atoms with Crippen molar-refractivity contribution in [3.63, 3.8) is 0 Å². The molecule has 0 radical (unpaired) electrons. The van der Waals surface area contributed by atoms with Gasteiger partial charge in [0.15, 0.2) is 0 Å². The number of H-pyrrole nitrogens is 1. The summed E-state index contributed by atoms with van der Waals surface area (Å²) in [6, 6.07) is 1.68. The summed E-state index contributed by atoms with van der Waals surface area (Å²) in [5.41, 5.74) is 1.04. The van der Waals surface area contributed by atoms with E-state index in [0.29, 0.717) is 17.9 Å². The molecule has 23 heavy (non-hydrogen) atoms. The van der Waals surface area contributed by atoms with Crippen LogP contribution < -0.4 is 5.32 Å². The topological polar surface area (TPSA) is 95.2 Å². The number of aromatic amines is 1. The Morgan fingerprint density at radius 1 is 1.26 bits per heavy atom. The summed E-state index contributed by atoms with van der Waals surface area (Å²) in [5, 5.41) is 9.96. The van der Waals surface area contributed by atoms with E-state index in [2.05, 4.69) is 15.5 Å².